The lowest BCUT2D eigenvalue weighted by atomic mass is 9.98. The van der Waals surface area contributed by atoms with Crippen LogP contribution in [0.25, 0.3) is 0 Å². The highest BCUT2D eigenvalue weighted by Crippen LogP contribution is 2.14. The largest absolute Gasteiger partial charge is 0.374 e. The van der Waals surface area contributed by atoms with E-state index in [1.54, 1.807) is 0 Å². The number of ether oxygens (including phenoxy) is 1. The van der Waals surface area contributed by atoms with Crippen LogP contribution < -0.4 is 16.2 Å². The summed E-state index contributed by atoms with van der Waals surface area (Å²) in [4.78, 5) is 14.3. The molecule has 2 aliphatic heterocycles. The van der Waals surface area contributed by atoms with Crippen LogP contribution in [0.2, 0.25) is 0 Å². The number of carbonyl (C=O) groups excluding carboxylic acids is 1. The van der Waals surface area contributed by atoms with Gasteiger partial charge in [0.15, 0.2) is 0 Å². The number of rotatable bonds is 6. The number of benzene rings is 1. The third-order valence-electron chi connectivity index (χ3n) is 5.16. The summed E-state index contributed by atoms with van der Waals surface area (Å²) in [6.45, 7) is 5.90. The van der Waals surface area contributed by atoms with E-state index in [2.05, 4.69) is 35.2 Å². The Labute approximate surface area is 150 Å². The van der Waals surface area contributed by atoms with Crippen LogP contribution in [0.3, 0.4) is 0 Å². The van der Waals surface area contributed by atoms with Gasteiger partial charge in [-0.15, -0.1) is 0 Å². The van der Waals surface area contributed by atoms with Crippen molar-refractivity contribution in [1.29, 1.82) is 0 Å². The Morgan fingerprint density at radius 1 is 1.36 bits per heavy atom. The van der Waals surface area contributed by atoms with Crippen LogP contribution in [0.1, 0.15) is 25.3 Å². The number of morpholine rings is 1. The Morgan fingerprint density at radius 3 is 2.96 bits per heavy atom. The van der Waals surface area contributed by atoms with Crippen molar-refractivity contribution in [2.45, 2.75) is 38.3 Å². The molecule has 3 N–H and O–H groups in total. The van der Waals surface area contributed by atoms with Crippen molar-refractivity contribution in [3.05, 3.63) is 35.9 Å². The van der Waals surface area contributed by atoms with Crippen molar-refractivity contribution in [1.82, 2.24) is 21.1 Å². The summed E-state index contributed by atoms with van der Waals surface area (Å²) in [6, 6.07) is 10.9. The summed E-state index contributed by atoms with van der Waals surface area (Å²) in [5, 5.41) is 3.07. The van der Waals surface area contributed by atoms with E-state index in [4.69, 9.17) is 4.74 Å². The Bertz CT molecular complexity index is 539. The van der Waals surface area contributed by atoms with Gasteiger partial charge in [0.05, 0.1) is 12.7 Å². The Morgan fingerprint density at radius 2 is 2.20 bits per heavy atom. The molecule has 3 atom stereocenters. The monoisotopic (exact) mass is 346 g/mol. The number of nitrogens with one attached hydrogen (secondary N) is 3. The van der Waals surface area contributed by atoms with Gasteiger partial charge in [0.1, 0.15) is 0 Å². The van der Waals surface area contributed by atoms with Crippen LogP contribution in [-0.2, 0) is 11.2 Å². The van der Waals surface area contributed by atoms with Gasteiger partial charge in [0.2, 0.25) is 0 Å². The topological polar surface area (TPSA) is 65.6 Å². The lowest BCUT2D eigenvalue weighted by Crippen LogP contribution is -2.50. The van der Waals surface area contributed by atoms with Gasteiger partial charge in [0.25, 0.3) is 0 Å². The molecule has 2 aliphatic rings. The van der Waals surface area contributed by atoms with E-state index in [1.807, 2.05) is 23.1 Å². The molecule has 0 aliphatic carbocycles. The molecule has 2 fully saturated rings. The average molecular weight is 346 g/mol. The van der Waals surface area contributed by atoms with Gasteiger partial charge in [-0.2, -0.15) is 0 Å². The van der Waals surface area contributed by atoms with Gasteiger partial charge in [-0.05, 0) is 31.2 Å². The number of urea groups is 1. The second-order valence-corrected chi connectivity index (χ2v) is 7.08. The highest BCUT2D eigenvalue weighted by Gasteiger charge is 2.25. The summed E-state index contributed by atoms with van der Waals surface area (Å²) in [7, 11) is 0. The van der Waals surface area contributed by atoms with Crippen molar-refractivity contribution in [2.75, 3.05) is 32.8 Å². The first-order valence-corrected chi connectivity index (χ1v) is 9.39. The third-order valence-corrected chi connectivity index (χ3v) is 5.16. The zero-order valence-electron chi connectivity index (χ0n) is 15.0. The zero-order chi connectivity index (χ0) is 17.5. The molecular weight excluding hydrogens is 316 g/mol. The Kier molecular flexibility index (Phi) is 6.67. The molecule has 6 heteroatoms. The first kappa shape index (κ1) is 18.2. The molecule has 2 amide bonds. The van der Waals surface area contributed by atoms with E-state index in [9.17, 15) is 4.79 Å². The van der Waals surface area contributed by atoms with Crippen LogP contribution in [0.15, 0.2) is 30.3 Å². The number of nitrogens with zero attached hydrogens (tertiary/aromatic N) is 1. The van der Waals surface area contributed by atoms with E-state index >= 15 is 0 Å². The van der Waals surface area contributed by atoms with Gasteiger partial charge in [-0.3, -0.25) is 10.9 Å². The standard InChI is InChI=1S/C19H30N4O2/c1-15-17(13-21-22-15)8-5-9-20-19(24)23-10-11-25-18(14-23)12-16-6-3-2-4-7-16/h2-4,6-7,15,17-18,21-22H,5,8-14H2,1H3,(H,20,24). The highest BCUT2D eigenvalue weighted by atomic mass is 16.5. The Balaban J connectivity index is 1.36. The minimum atomic E-state index is 0.0390. The first-order valence-electron chi connectivity index (χ1n) is 9.39. The molecule has 0 bridgehead atoms. The summed E-state index contributed by atoms with van der Waals surface area (Å²) in [5.74, 6) is 0.649. The molecule has 2 saturated heterocycles. The molecule has 138 valence electrons. The fourth-order valence-corrected chi connectivity index (χ4v) is 3.57. The van der Waals surface area contributed by atoms with E-state index in [0.717, 1.165) is 32.4 Å². The predicted octanol–water partition coefficient (Wildman–Crippen LogP) is 1.53. The summed E-state index contributed by atoms with van der Waals surface area (Å²) >= 11 is 0. The molecule has 1 aromatic carbocycles. The molecule has 2 heterocycles. The Hall–Kier alpha value is -1.63. The second-order valence-electron chi connectivity index (χ2n) is 7.08. The van der Waals surface area contributed by atoms with E-state index in [1.165, 1.54) is 5.56 Å². The fraction of sp³-hybridized carbons (Fsp3) is 0.632. The normalized spacial score (nSPS) is 26.6. The quantitative estimate of drug-likeness (QED) is 0.684. The fourth-order valence-electron chi connectivity index (χ4n) is 3.57. The molecular formula is C19H30N4O2. The van der Waals surface area contributed by atoms with Crippen LogP contribution in [0, 0.1) is 5.92 Å². The van der Waals surface area contributed by atoms with Crippen LogP contribution in [0.5, 0.6) is 0 Å². The summed E-state index contributed by atoms with van der Waals surface area (Å²) in [6.07, 6.45) is 3.08. The smallest absolute Gasteiger partial charge is 0.317 e. The van der Waals surface area contributed by atoms with Crippen LogP contribution >= 0.6 is 0 Å². The number of amides is 2. The lowest BCUT2D eigenvalue weighted by molar-refractivity contribution is -0.0132. The molecule has 1 aromatic rings. The molecule has 0 saturated carbocycles. The molecule has 6 nitrogen and oxygen atoms in total. The maximum atomic E-state index is 12.4. The predicted molar refractivity (Wildman–Crippen MR) is 98.2 cm³/mol. The maximum Gasteiger partial charge on any atom is 0.317 e. The molecule has 25 heavy (non-hydrogen) atoms. The molecule has 3 rings (SSSR count). The van der Waals surface area contributed by atoms with E-state index < -0.39 is 0 Å². The van der Waals surface area contributed by atoms with Gasteiger partial charge in [-0.25, -0.2) is 4.79 Å². The van der Waals surface area contributed by atoms with Crippen molar-refractivity contribution in [3.8, 4) is 0 Å². The van der Waals surface area contributed by atoms with E-state index in [-0.39, 0.29) is 12.1 Å². The maximum absolute atomic E-state index is 12.4. The van der Waals surface area contributed by atoms with Crippen molar-refractivity contribution in [2.24, 2.45) is 5.92 Å². The third kappa shape index (κ3) is 5.42. The SMILES string of the molecule is CC1NNCC1CCCNC(=O)N1CCOC(Cc2ccccc2)C1. The number of hydrogen-bond acceptors (Lipinski definition) is 4. The second kappa shape index (κ2) is 9.17. The van der Waals surface area contributed by atoms with Crippen molar-refractivity contribution in [3.63, 3.8) is 0 Å². The van der Waals surface area contributed by atoms with Crippen LogP contribution in [0.4, 0.5) is 4.79 Å². The molecule has 3 unspecified atom stereocenters. The summed E-state index contributed by atoms with van der Waals surface area (Å²) < 4.78 is 5.83. The average Bonchev–Trinajstić information content (AvgIpc) is 3.04. The molecule has 0 radical (unpaired) electrons. The number of hydrogen-bond donors (Lipinski definition) is 3. The highest BCUT2D eigenvalue weighted by molar-refractivity contribution is 5.74. The van der Waals surface area contributed by atoms with Crippen molar-refractivity contribution >= 4 is 6.03 Å². The molecule has 0 spiro atoms. The summed E-state index contributed by atoms with van der Waals surface area (Å²) in [5.41, 5.74) is 7.68. The van der Waals surface area contributed by atoms with E-state index in [0.29, 0.717) is 31.7 Å². The zero-order valence-corrected chi connectivity index (χ0v) is 15.0. The van der Waals surface area contributed by atoms with Gasteiger partial charge in [-0.1, -0.05) is 30.3 Å². The van der Waals surface area contributed by atoms with Gasteiger partial charge >= 0.3 is 6.03 Å². The van der Waals surface area contributed by atoms with Crippen molar-refractivity contribution < 1.29 is 9.53 Å². The first-order chi connectivity index (χ1) is 12.2. The lowest BCUT2D eigenvalue weighted by Gasteiger charge is -2.33. The number of carbonyl (C=O) groups is 1. The molecule has 0 aromatic heterocycles. The van der Waals surface area contributed by atoms with Gasteiger partial charge < -0.3 is 15.0 Å². The minimum absolute atomic E-state index is 0.0390. The number of hydrazine groups is 1. The minimum Gasteiger partial charge on any atom is -0.374 e. The van der Waals surface area contributed by atoms with Gasteiger partial charge in [0, 0.05) is 38.6 Å². The van der Waals surface area contributed by atoms with Crippen LogP contribution in [-0.4, -0.2) is 55.9 Å².